The van der Waals surface area contributed by atoms with Gasteiger partial charge >= 0.3 is 0 Å². The zero-order valence-corrected chi connectivity index (χ0v) is 14.6. The number of aromatic nitrogens is 1. The molecule has 6 nitrogen and oxygen atoms in total. The third-order valence-corrected chi connectivity index (χ3v) is 4.49. The van der Waals surface area contributed by atoms with Crippen LogP contribution in [-0.2, 0) is 11.2 Å². The zero-order chi connectivity index (χ0) is 17.9. The molecule has 6 heteroatoms. The van der Waals surface area contributed by atoms with Crippen molar-refractivity contribution in [2.75, 3.05) is 31.8 Å². The van der Waals surface area contributed by atoms with Crippen LogP contribution in [0, 0.1) is 0 Å². The van der Waals surface area contributed by atoms with Gasteiger partial charge in [-0.1, -0.05) is 0 Å². The fourth-order valence-electron chi connectivity index (χ4n) is 3.27. The largest absolute Gasteiger partial charge is 0.493 e. The normalized spacial score (nSPS) is 15.7. The van der Waals surface area contributed by atoms with Crippen LogP contribution in [0.25, 0.3) is 6.08 Å². The number of ether oxygens (including phenoxy) is 3. The van der Waals surface area contributed by atoms with E-state index in [9.17, 15) is 4.79 Å². The minimum Gasteiger partial charge on any atom is -0.493 e. The predicted octanol–water partition coefficient (Wildman–Crippen LogP) is 2.85. The first kappa shape index (κ1) is 16.4. The maximum Gasteiger partial charge on any atom is 0.251 e. The Morgan fingerprint density at radius 2 is 2.19 bits per heavy atom. The number of methoxy groups -OCH3 is 1. The molecule has 0 saturated carbocycles. The summed E-state index contributed by atoms with van der Waals surface area (Å²) in [5.74, 6) is 1.78. The van der Waals surface area contributed by atoms with Gasteiger partial charge in [0.15, 0.2) is 11.5 Å². The number of nitrogens with zero attached hydrogens (tertiary/aromatic N) is 2. The van der Waals surface area contributed by atoms with Crippen LogP contribution in [0.1, 0.15) is 17.7 Å². The van der Waals surface area contributed by atoms with E-state index in [1.165, 1.54) is 0 Å². The second-order valence-corrected chi connectivity index (χ2v) is 6.14. The number of carbonyl (C=O) groups is 1. The Morgan fingerprint density at radius 1 is 1.31 bits per heavy atom. The molecule has 0 spiro atoms. The minimum atomic E-state index is -0.0622. The number of aryl methyl sites for hydroxylation is 1. The smallest absolute Gasteiger partial charge is 0.251 e. The molecule has 0 N–H and O–H groups in total. The third-order valence-electron chi connectivity index (χ3n) is 4.49. The summed E-state index contributed by atoms with van der Waals surface area (Å²) in [5, 5.41) is 0. The van der Waals surface area contributed by atoms with Crippen molar-refractivity contribution in [1.29, 1.82) is 0 Å². The first-order valence-electron chi connectivity index (χ1n) is 8.67. The van der Waals surface area contributed by atoms with Gasteiger partial charge in [-0.25, -0.2) is 0 Å². The van der Waals surface area contributed by atoms with Crippen molar-refractivity contribution < 1.29 is 19.0 Å². The van der Waals surface area contributed by atoms with Crippen LogP contribution < -0.4 is 19.1 Å². The molecule has 134 valence electrons. The highest BCUT2D eigenvalue weighted by Gasteiger charge is 2.22. The van der Waals surface area contributed by atoms with Crippen molar-refractivity contribution in [3.05, 3.63) is 47.8 Å². The van der Waals surface area contributed by atoms with Gasteiger partial charge in [0.2, 0.25) is 5.75 Å². The number of rotatable bonds is 3. The van der Waals surface area contributed by atoms with E-state index in [-0.39, 0.29) is 5.91 Å². The van der Waals surface area contributed by atoms with E-state index >= 15 is 0 Å². The summed E-state index contributed by atoms with van der Waals surface area (Å²) in [5.41, 5.74) is 2.69. The lowest BCUT2D eigenvalue weighted by atomic mass is 10.1. The summed E-state index contributed by atoms with van der Waals surface area (Å²) in [7, 11) is 1.59. The molecular weight excluding hydrogens is 332 g/mol. The summed E-state index contributed by atoms with van der Waals surface area (Å²) in [6.07, 6.45) is 6.94. The summed E-state index contributed by atoms with van der Waals surface area (Å²) < 4.78 is 16.6. The zero-order valence-electron chi connectivity index (χ0n) is 14.6. The van der Waals surface area contributed by atoms with Crippen LogP contribution in [0.2, 0.25) is 0 Å². The molecule has 0 bridgehead atoms. The SMILES string of the molecule is COc1cc(/C=C/C(=O)N2CCCc3ncccc32)cc2c1OCCO2. The maximum absolute atomic E-state index is 12.7. The molecule has 1 amide bonds. The molecular formula is C20H20N2O4. The average Bonchev–Trinajstić information content (AvgIpc) is 2.70. The lowest BCUT2D eigenvalue weighted by Gasteiger charge is -2.27. The van der Waals surface area contributed by atoms with E-state index in [2.05, 4.69) is 4.98 Å². The van der Waals surface area contributed by atoms with E-state index in [1.807, 2.05) is 24.3 Å². The molecule has 4 rings (SSSR count). The van der Waals surface area contributed by atoms with Gasteiger partial charge in [-0.2, -0.15) is 0 Å². The Kier molecular flexibility index (Phi) is 4.48. The van der Waals surface area contributed by atoms with Crippen molar-refractivity contribution in [2.45, 2.75) is 12.8 Å². The molecule has 2 aliphatic rings. The van der Waals surface area contributed by atoms with Crippen molar-refractivity contribution >= 4 is 17.7 Å². The average molecular weight is 352 g/mol. The molecule has 0 fully saturated rings. The van der Waals surface area contributed by atoms with Gasteiger partial charge in [0.25, 0.3) is 5.91 Å². The summed E-state index contributed by atoms with van der Waals surface area (Å²) in [6, 6.07) is 7.50. The minimum absolute atomic E-state index is 0.0622. The summed E-state index contributed by atoms with van der Waals surface area (Å²) in [4.78, 5) is 18.9. The number of carbonyl (C=O) groups excluding carboxylic acids is 1. The number of hydrogen-bond donors (Lipinski definition) is 0. The molecule has 0 unspecified atom stereocenters. The molecule has 0 radical (unpaired) electrons. The van der Waals surface area contributed by atoms with Crippen LogP contribution in [0.5, 0.6) is 17.2 Å². The molecule has 1 aromatic carbocycles. The molecule has 26 heavy (non-hydrogen) atoms. The number of amides is 1. The van der Waals surface area contributed by atoms with E-state index in [0.29, 0.717) is 37.0 Å². The summed E-state index contributed by atoms with van der Waals surface area (Å²) in [6.45, 7) is 1.70. The Balaban J connectivity index is 1.58. The molecule has 0 aliphatic carbocycles. The van der Waals surface area contributed by atoms with Crippen molar-refractivity contribution in [3.63, 3.8) is 0 Å². The lowest BCUT2D eigenvalue weighted by Crippen LogP contribution is -2.34. The highest BCUT2D eigenvalue weighted by molar-refractivity contribution is 6.04. The van der Waals surface area contributed by atoms with Crippen molar-refractivity contribution in [3.8, 4) is 17.2 Å². The molecule has 1 aromatic heterocycles. The number of hydrogen-bond acceptors (Lipinski definition) is 5. The number of anilines is 1. The topological polar surface area (TPSA) is 60.9 Å². The third kappa shape index (κ3) is 3.10. The van der Waals surface area contributed by atoms with E-state index in [1.54, 1.807) is 30.4 Å². The van der Waals surface area contributed by atoms with Gasteiger partial charge in [-0.3, -0.25) is 9.78 Å². The fraction of sp³-hybridized carbons (Fsp3) is 0.300. The van der Waals surface area contributed by atoms with Gasteiger partial charge < -0.3 is 19.1 Å². The fourth-order valence-corrected chi connectivity index (χ4v) is 3.27. The number of benzene rings is 1. The Morgan fingerprint density at radius 3 is 3.08 bits per heavy atom. The predicted molar refractivity (Wildman–Crippen MR) is 97.9 cm³/mol. The van der Waals surface area contributed by atoms with Gasteiger partial charge in [0.05, 0.1) is 18.5 Å². The molecule has 2 aliphatic heterocycles. The van der Waals surface area contributed by atoms with Crippen molar-refractivity contribution in [2.24, 2.45) is 0 Å². The monoisotopic (exact) mass is 352 g/mol. The van der Waals surface area contributed by atoms with Crippen molar-refractivity contribution in [1.82, 2.24) is 4.98 Å². The summed E-state index contributed by atoms with van der Waals surface area (Å²) >= 11 is 0. The second kappa shape index (κ2) is 7.07. The van der Waals surface area contributed by atoms with Crippen LogP contribution in [-0.4, -0.2) is 37.8 Å². The molecule has 2 aromatic rings. The number of pyridine rings is 1. The van der Waals surface area contributed by atoms with E-state index in [4.69, 9.17) is 14.2 Å². The Hall–Kier alpha value is -3.02. The first-order chi connectivity index (χ1) is 12.8. The highest BCUT2D eigenvalue weighted by atomic mass is 16.6. The van der Waals surface area contributed by atoms with Crippen LogP contribution in [0.15, 0.2) is 36.5 Å². The van der Waals surface area contributed by atoms with Gasteiger partial charge in [-0.05, 0) is 48.7 Å². The van der Waals surface area contributed by atoms with E-state index < -0.39 is 0 Å². The Labute approximate surface area is 152 Å². The van der Waals surface area contributed by atoms with Crippen LogP contribution in [0.3, 0.4) is 0 Å². The number of fused-ring (bicyclic) bond motifs is 2. The van der Waals surface area contributed by atoms with Gasteiger partial charge in [0, 0.05) is 18.8 Å². The quantitative estimate of drug-likeness (QED) is 0.795. The standard InChI is InChI=1S/C20H20N2O4/c1-24-17-12-14(13-18-20(17)26-11-10-25-18)6-7-19(23)22-9-3-4-15-16(22)5-2-8-21-15/h2,5-8,12-13H,3-4,9-11H2,1H3/b7-6+. The van der Waals surface area contributed by atoms with E-state index in [0.717, 1.165) is 29.8 Å². The molecule has 3 heterocycles. The second-order valence-electron chi connectivity index (χ2n) is 6.14. The van der Waals surface area contributed by atoms with Crippen LogP contribution >= 0.6 is 0 Å². The maximum atomic E-state index is 12.7. The lowest BCUT2D eigenvalue weighted by molar-refractivity contribution is -0.114. The van der Waals surface area contributed by atoms with Gasteiger partial charge in [-0.15, -0.1) is 0 Å². The molecule has 0 saturated heterocycles. The van der Waals surface area contributed by atoms with Crippen LogP contribution in [0.4, 0.5) is 5.69 Å². The van der Waals surface area contributed by atoms with Gasteiger partial charge in [0.1, 0.15) is 13.2 Å². The Bertz CT molecular complexity index is 846. The highest BCUT2D eigenvalue weighted by Crippen LogP contribution is 2.40. The first-order valence-corrected chi connectivity index (χ1v) is 8.67. The molecule has 0 atom stereocenters.